The van der Waals surface area contributed by atoms with Crippen molar-refractivity contribution in [3.63, 3.8) is 0 Å². The van der Waals surface area contributed by atoms with Crippen LogP contribution in [0, 0.1) is 0 Å². The highest BCUT2D eigenvalue weighted by molar-refractivity contribution is 6.04. The molecule has 1 aliphatic heterocycles. The van der Waals surface area contributed by atoms with Gasteiger partial charge in [-0.1, -0.05) is 0 Å². The summed E-state index contributed by atoms with van der Waals surface area (Å²) in [5, 5.41) is 9.34. The maximum Gasteiger partial charge on any atom is 0.265 e. The first-order valence-corrected chi connectivity index (χ1v) is 3.16. The minimum atomic E-state index is -1.50. The van der Waals surface area contributed by atoms with E-state index < -0.39 is 11.4 Å². The lowest BCUT2D eigenvalue weighted by molar-refractivity contribution is -0.131. The van der Waals surface area contributed by atoms with Gasteiger partial charge in [-0.3, -0.25) is 4.79 Å². The number of carbonyl (C=O) groups is 1. The molecule has 3 heteroatoms. The second-order valence-electron chi connectivity index (χ2n) is 2.97. The molecule has 1 aliphatic carbocycles. The number of aliphatic hydroxyl groups is 1. The normalized spacial score (nSPS) is 50.7. The Kier molecular flexibility index (Phi) is 0.727. The van der Waals surface area contributed by atoms with Crippen LogP contribution in [0.1, 0.15) is 13.8 Å². The molecule has 10 heavy (non-hydrogen) atoms. The van der Waals surface area contributed by atoms with Crippen molar-refractivity contribution in [3.05, 3.63) is 11.6 Å². The van der Waals surface area contributed by atoms with Gasteiger partial charge in [0.25, 0.3) is 5.79 Å². The summed E-state index contributed by atoms with van der Waals surface area (Å²) >= 11 is 0. The lowest BCUT2D eigenvalue weighted by Crippen LogP contribution is -2.25. The first-order chi connectivity index (χ1) is 4.51. The number of fused-ring (bicyclic) bond motifs is 1. The lowest BCUT2D eigenvalue weighted by Gasteiger charge is -1.98. The Morgan fingerprint density at radius 3 is 2.40 bits per heavy atom. The molecule has 2 aliphatic rings. The smallest absolute Gasteiger partial charge is 0.265 e. The largest absolute Gasteiger partial charge is 0.357 e. The standard InChI is InChI=1S/C7H8O3/c1-4-3-5(8)7(9)6(4,2)10-7/h3,9H,1-2H3. The molecule has 1 saturated heterocycles. The molecule has 1 heterocycles. The molecule has 1 fully saturated rings. The van der Waals surface area contributed by atoms with Gasteiger partial charge < -0.3 is 9.84 Å². The van der Waals surface area contributed by atoms with E-state index in [1.807, 2.05) is 0 Å². The van der Waals surface area contributed by atoms with Gasteiger partial charge in [-0.25, -0.2) is 0 Å². The van der Waals surface area contributed by atoms with Crippen molar-refractivity contribution in [1.82, 2.24) is 0 Å². The fraction of sp³-hybridized carbons (Fsp3) is 0.571. The van der Waals surface area contributed by atoms with Crippen molar-refractivity contribution in [3.8, 4) is 0 Å². The van der Waals surface area contributed by atoms with Crippen LogP contribution in [0.2, 0.25) is 0 Å². The van der Waals surface area contributed by atoms with Crippen LogP contribution in [0.25, 0.3) is 0 Å². The summed E-state index contributed by atoms with van der Waals surface area (Å²) < 4.78 is 4.89. The maximum absolute atomic E-state index is 10.9. The van der Waals surface area contributed by atoms with E-state index in [-0.39, 0.29) is 5.78 Å². The zero-order valence-electron chi connectivity index (χ0n) is 5.84. The lowest BCUT2D eigenvalue weighted by atomic mass is 10.0. The van der Waals surface area contributed by atoms with E-state index in [9.17, 15) is 9.90 Å². The topological polar surface area (TPSA) is 49.8 Å². The highest BCUT2D eigenvalue weighted by Gasteiger charge is 2.75. The Balaban J connectivity index is 2.50. The molecular formula is C7H8O3. The summed E-state index contributed by atoms with van der Waals surface area (Å²) in [6, 6.07) is 0. The van der Waals surface area contributed by atoms with Crippen molar-refractivity contribution < 1.29 is 14.6 Å². The third-order valence-corrected chi connectivity index (χ3v) is 2.39. The molecular weight excluding hydrogens is 132 g/mol. The number of hydrogen-bond donors (Lipinski definition) is 1. The molecule has 0 amide bonds. The fourth-order valence-corrected chi connectivity index (χ4v) is 1.34. The van der Waals surface area contributed by atoms with Crippen LogP contribution in [-0.2, 0) is 9.53 Å². The first-order valence-electron chi connectivity index (χ1n) is 3.16. The molecule has 0 bridgehead atoms. The summed E-state index contributed by atoms with van der Waals surface area (Å²) in [5.41, 5.74) is 0.101. The Hall–Kier alpha value is -0.670. The van der Waals surface area contributed by atoms with Crippen LogP contribution in [0.3, 0.4) is 0 Å². The van der Waals surface area contributed by atoms with Crippen molar-refractivity contribution in [2.75, 3.05) is 0 Å². The maximum atomic E-state index is 10.9. The second kappa shape index (κ2) is 1.20. The molecule has 0 radical (unpaired) electrons. The zero-order chi connectivity index (χ0) is 7.57. The van der Waals surface area contributed by atoms with Gasteiger partial charge in [0.2, 0.25) is 5.78 Å². The quantitative estimate of drug-likeness (QED) is 0.481. The molecule has 0 saturated carbocycles. The highest BCUT2D eigenvalue weighted by atomic mass is 16.8. The van der Waals surface area contributed by atoms with Gasteiger partial charge in [0.1, 0.15) is 0 Å². The third kappa shape index (κ3) is 0.366. The van der Waals surface area contributed by atoms with E-state index >= 15 is 0 Å². The predicted molar refractivity (Wildman–Crippen MR) is 33.2 cm³/mol. The summed E-state index contributed by atoms with van der Waals surface area (Å²) in [6.07, 6.45) is 1.43. The fourth-order valence-electron chi connectivity index (χ4n) is 1.34. The van der Waals surface area contributed by atoms with Crippen molar-refractivity contribution in [2.24, 2.45) is 0 Å². The van der Waals surface area contributed by atoms with Crippen LogP contribution < -0.4 is 0 Å². The van der Waals surface area contributed by atoms with Gasteiger partial charge in [-0.2, -0.15) is 0 Å². The molecule has 0 aromatic heterocycles. The van der Waals surface area contributed by atoms with E-state index in [0.717, 1.165) is 5.57 Å². The van der Waals surface area contributed by atoms with E-state index in [1.54, 1.807) is 13.8 Å². The monoisotopic (exact) mass is 140 g/mol. The van der Waals surface area contributed by atoms with Crippen LogP contribution in [-0.4, -0.2) is 22.3 Å². The number of ketones is 1. The van der Waals surface area contributed by atoms with Crippen LogP contribution in [0.4, 0.5) is 0 Å². The number of rotatable bonds is 0. The van der Waals surface area contributed by atoms with E-state index in [4.69, 9.17) is 4.74 Å². The molecule has 0 spiro atoms. The van der Waals surface area contributed by atoms with E-state index in [2.05, 4.69) is 0 Å². The Labute approximate surface area is 58.3 Å². The Morgan fingerprint density at radius 1 is 1.70 bits per heavy atom. The SMILES string of the molecule is CC1=CC(=O)C2(O)OC12C. The summed E-state index contributed by atoms with van der Waals surface area (Å²) in [4.78, 5) is 10.9. The third-order valence-electron chi connectivity index (χ3n) is 2.39. The Morgan fingerprint density at radius 2 is 2.30 bits per heavy atom. The molecule has 2 atom stereocenters. The average molecular weight is 140 g/mol. The minimum Gasteiger partial charge on any atom is -0.357 e. The predicted octanol–water partition coefficient (Wildman–Crippen LogP) is -0.00710. The second-order valence-corrected chi connectivity index (χ2v) is 2.97. The van der Waals surface area contributed by atoms with Crippen LogP contribution in [0.5, 0.6) is 0 Å². The van der Waals surface area contributed by atoms with Crippen molar-refractivity contribution >= 4 is 5.78 Å². The molecule has 2 rings (SSSR count). The van der Waals surface area contributed by atoms with Gasteiger partial charge in [-0.05, 0) is 25.5 Å². The number of ether oxygens (including phenoxy) is 1. The van der Waals surface area contributed by atoms with Gasteiger partial charge in [-0.15, -0.1) is 0 Å². The van der Waals surface area contributed by atoms with Gasteiger partial charge in [0, 0.05) is 0 Å². The van der Waals surface area contributed by atoms with Gasteiger partial charge >= 0.3 is 0 Å². The molecule has 2 unspecified atom stereocenters. The minimum absolute atomic E-state index is 0.326. The summed E-state index contributed by atoms with van der Waals surface area (Å²) in [7, 11) is 0. The molecule has 3 nitrogen and oxygen atoms in total. The summed E-state index contributed by atoms with van der Waals surface area (Å²) in [5.74, 6) is -1.83. The molecule has 1 N–H and O–H groups in total. The number of carbonyl (C=O) groups excluding carboxylic acids is 1. The van der Waals surface area contributed by atoms with Gasteiger partial charge in [0.15, 0.2) is 5.60 Å². The number of hydrogen-bond acceptors (Lipinski definition) is 3. The van der Waals surface area contributed by atoms with Crippen molar-refractivity contribution in [2.45, 2.75) is 25.2 Å². The molecule has 54 valence electrons. The zero-order valence-corrected chi connectivity index (χ0v) is 5.84. The highest BCUT2D eigenvalue weighted by Crippen LogP contribution is 2.55. The molecule has 0 aromatic carbocycles. The average Bonchev–Trinajstić information content (AvgIpc) is 2.33. The molecule has 0 aromatic rings. The van der Waals surface area contributed by atoms with Gasteiger partial charge in [0.05, 0.1) is 0 Å². The van der Waals surface area contributed by atoms with E-state index in [0.29, 0.717) is 0 Å². The van der Waals surface area contributed by atoms with Crippen LogP contribution >= 0.6 is 0 Å². The van der Waals surface area contributed by atoms with E-state index in [1.165, 1.54) is 6.08 Å². The van der Waals surface area contributed by atoms with Crippen LogP contribution in [0.15, 0.2) is 11.6 Å². The van der Waals surface area contributed by atoms with Crippen molar-refractivity contribution in [1.29, 1.82) is 0 Å². The Bertz CT molecular complexity index is 256. The summed E-state index contributed by atoms with van der Waals surface area (Å²) in [6.45, 7) is 3.49. The first kappa shape index (κ1) is 6.07. The number of epoxide rings is 1.